The van der Waals surface area contributed by atoms with Crippen LogP contribution < -0.4 is 5.11 Å². The second kappa shape index (κ2) is 45.6. The third kappa shape index (κ3) is 44.0. The molecule has 0 aromatic rings. The summed E-state index contributed by atoms with van der Waals surface area (Å²) in [6.07, 6.45) is 56.7. The molecule has 0 aliphatic carbocycles. The van der Waals surface area contributed by atoms with Crippen molar-refractivity contribution in [2.45, 2.75) is 231 Å². The largest absolute Gasteiger partial charge is 0.544 e. The zero-order valence-electron chi connectivity index (χ0n) is 41.5. The van der Waals surface area contributed by atoms with Crippen LogP contribution in [0.5, 0.6) is 0 Å². The summed E-state index contributed by atoms with van der Waals surface area (Å²) in [5, 5.41) is 11.7. The molecule has 0 heterocycles. The zero-order chi connectivity index (χ0) is 46.3. The van der Waals surface area contributed by atoms with Crippen molar-refractivity contribution < 1.29 is 38.2 Å². The fourth-order valence-electron chi connectivity index (χ4n) is 7.41. The Morgan fingerprint density at radius 3 is 1.33 bits per heavy atom. The maximum Gasteiger partial charge on any atom is 0.306 e. The number of carboxylic acids is 1. The quantitative estimate of drug-likeness (QED) is 0.0260. The molecular weight excluding hydrogens is 787 g/mol. The molecule has 0 rings (SSSR count). The summed E-state index contributed by atoms with van der Waals surface area (Å²) in [5.41, 5.74) is 0. The Balaban J connectivity index is 4.25. The Bertz CT molecular complexity index is 1210. The molecule has 364 valence electrons. The standard InChI is InChI=1S/C55H97NO7/c1-6-8-10-12-14-16-18-20-22-24-25-26-27-28-30-31-33-35-37-39-41-43-45-53(57)62-50-51(49-61-48-47-52(55(59)60)56(3,4)5)63-54(58)46-44-42-40-38-36-34-32-29-23-21-19-17-15-13-11-9-7-2/h8,10,14,16,20-23,25-26,51-52H,6-7,9,11-13,15,17-19,24,27-50H2,1-5H3/b10-8+,16-14+,22-20+,23-21+,26-25+. The molecule has 0 saturated carbocycles. The van der Waals surface area contributed by atoms with Gasteiger partial charge in [-0.2, -0.15) is 0 Å². The fourth-order valence-corrected chi connectivity index (χ4v) is 7.41. The predicted molar refractivity (Wildman–Crippen MR) is 263 cm³/mol. The third-order valence-corrected chi connectivity index (χ3v) is 11.4. The lowest BCUT2D eigenvalue weighted by molar-refractivity contribution is -0.889. The minimum atomic E-state index is -1.13. The lowest BCUT2D eigenvalue weighted by atomic mass is 10.1. The molecule has 0 fully saturated rings. The summed E-state index contributed by atoms with van der Waals surface area (Å²) in [6, 6.07) is -0.729. The topological polar surface area (TPSA) is 102 Å². The number of hydrogen-bond acceptors (Lipinski definition) is 7. The summed E-state index contributed by atoms with van der Waals surface area (Å²) in [6.45, 7) is 4.55. The highest BCUT2D eigenvalue weighted by atomic mass is 16.6. The van der Waals surface area contributed by atoms with Crippen LogP contribution in [0.25, 0.3) is 0 Å². The number of carboxylic acid groups (broad SMARTS) is 1. The maximum absolute atomic E-state index is 12.8. The van der Waals surface area contributed by atoms with E-state index in [2.05, 4.69) is 74.6 Å². The van der Waals surface area contributed by atoms with E-state index in [1.54, 1.807) is 21.1 Å². The number of ether oxygens (including phenoxy) is 3. The molecule has 0 radical (unpaired) electrons. The third-order valence-electron chi connectivity index (χ3n) is 11.4. The van der Waals surface area contributed by atoms with E-state index < -0.39 is 18.1 Å². The molecule has 0 aliphatic rings. The van der Waals surface area contributed by atoms with Crippen LogP contribution in [0, 0.1) is 0 Å². The van der Waals surface area contributed by atoms with Gasteiger partial charge in [0.15, 0.2) is 6.10 Å². The SMILES string of the molecule is CC/C=C/C/C=C/C/C=C/C/C=C/CCCCCCCCCCCC(=O)OCC(COCCC(C(=O)[O-])[N+](C)(C)C)OC(=O)CCCCCCCCC/C=C/CCCCCCCC. The number of hydrogen-bond donors (Lipinski definition) is 0. The minimum absolute atomic E-state index is 0.0363. The Kier molecular flexibility index (Phi) is 43.4. The Hall–Kier alpha value is -2.97. The number of quaternary nitrogens is 1. The van der Waals surface area contributed by atoms with Crippen LogP contribution in [-0.2, 0) is 28.6 Å². The van der Waals surface area contributed by atoms with Crippen molar-refractivity contribution in [3.05, 3.63) is 60.8 Å². The van der Waals surface area contributed by atoms with E-state index in [1.165, 1.54) is 116 Å². The summed E-state index contributed by atoms with van der Waals surface area (Å²) in [7, 11) is 5.41. The average molecular weight is 884 g/mol. The lowest BCUT2D eigenvalue weighted by Gasteiger charge is -2.34. The highest BCUT2D eigenvalue weighted by Crippen LogP contribution is 2.15. The van der Waals surface area contributed by atoms with E-state index >= 15 is 0 Å². The molecule has 0 aromatic carbocycles. The zero-order valence-corrected chi connectivity index (χ0v) is 41.5. The summed E-state index contributed by atoms with van der Waals surface area (Å²) in [5.74, 6) is -1.74. The van der Waals surface area contributed by atoms with Gasteiger partial charge in [-0.1, -0.05) is 184 Å². The number of carbonyl (C=O) groups excluding carboxylic acids is 3. The van der Waals surface area contributed by atoms with Gasteiger partial charge >= 0.3 is 11.9 Å². The molecule has 0 N–H and O–H groups in total. The van der Waals surface area contributed by atoms with Crippen LogP contribution in [0.15, 0.2) is 60.8 Å². The number of nitrogens with zero attached hydrogens (tertiary/aromatic N) is 1. The lowest BCUT2D eigenvalue weighted by Crippen LogP contribution is -2.55. The van der Waals surface area contributed by atoms with Gasteiger partial charge in [0.05, 0.1) is 40.3 Å². The number of aliphatic carboxylic acids is 1. The first-order valence-electron chi connectivity index (χ1n) is 25.8. The van der Waals surface area contributed by atoms with E-state index in [0.29, 0.717) is 12.8 Å². The van der Waals surface area contributed by atoms with Crippen molar-refractivity contribution in [3.63, 3.8) is 0 Å². The first kappa shape index (κ1) is 60.0. The van der Waals surface area contributed by atoms with Crippen LogP contribution in [0.4, 0.5) is 0 Å². The number of unbranched alkanes of at least 4 members (excludes halogenated alkanes) is 22. The van der Waals surface area contributed by atoms with Crippen molar-refractivity contribution in [2.75, 3.05) is 41.0 Å². The normalized spacial score (nSPS) is 13.3. The average Bonchev–Trinajstić information content (AvgIpc) is 3.24. The van der Waals surface area contributed by atoms with E-state index in [4.69, 9.17) is 14.2 Å². The van der Waals surface area contributed by atoms with Gasteiger partial charge in [-0.15, -0.1) is 0 Å². The molecular formula is C55H97NO7. The first-order valence-corrected chi connectivity index (χ1v) is 25.8. The first-order chi connectivity index (χ1) is 30.6. The van der Waals surface area contributed by atoms with Gasteiger partial charge in [-0.05, 0) is 77.0 Å². The van der Waals surface area contributed by atoms with Crippen molar-refractivity contribution in [1.29, 1.82) is 0 Å². The molecule has 0 saturated heterocycles. The fraction of sp³-hybridized carbons (Fsp3) is 0.764. The Labute approximate surface area is 388 Å². The number of likely N-dealkylation sites (N-methyl/N-ethyl adjacent to an activating group) is 1. The highest BCUT2D eigenvalue weighted by molar-refractivity contribution is 5.70. The van der Waals surface area contributed by atoms with E-state index in [1.807, 2.05) is 0 Å². The Morgan fingerprint density at radius 2 is 0.889 bits per heavy atom. The highest BCUT2D eigenvalue weighted by Gasteiger charge is 2.25. The van der Waals surface area contributed by atoms with Crippen LogP contribution in [0.1, 0.15) is 219 Å². The molecule has 0 spiro atoms. The molecule has 0 aromatic heterocycles. The van der Waals surface area contributed by atoms with Gasteiger partial charge in [0.1, 0.15) is 12.6 Å². The maximum atomic E-state index is 12.8. The second-order valence-electron chi connectivity index (χ2n) is 18.4. The molecule has 0 amide bonds. The van der Waals surface area contributed by atoms with Gasteiger partial charge in [0, 0.05) is 19.3 Å². The van der Waals surface area contributed by atoms with Crippen molar-refractivity contribution in [3.8, 4) is 0 Å². The van der Waals surface area contributed by atoms with Crippen LogP contribution in [0.3, 0.4) is 0 Å². The molecule has 0 aliphatic heterocycles. The minimum Gasteiger partial charge on any atom is -0.544 e. The van der Waals surface area contributed by atoms with Crippen molar-refractivity contribution >= 4 is 17.9 Å². The molecule has 0 bridgehead atoms. The summed E-state index contributed by atoms with van der Waals surface area (Å²) in [4.78, 5) is 37.0. The molecule has 63 heavy (non-hydrogen) atoms. The summed E-state index contributed by atoms with van der Waals surface area (Å²) < 4.78 is 17.2. The van der Waals surface area contributed by atoms with Crippen LogP contribution >= 0.6 is 0 Å². The Morgan fingerprint density at radius 1 is 0.492 bits per heavy atom. The van der Waals surface area contributed by atoms with Crippen molar-refractivity contribution in [2.24, 2.45) is 0 Å². The molecule has 2 unspecified atom stereocenters. The van der Waals surface area contributed by atoms with Crippen LogP contribution in [0.2, 0.25) is 0 Å². The van der Waals surface area contributed by atoms with Crippen molar-refractivity contribution in [1.82, 2.24) is 0 Å². The van der Waals surface area contributed by atoms with Gasteiger partial charge in [0.25, 0.3) is 0 Å². The number of esters is 2. The van der Waals surface area contributed by atoms with E-state index in [0.717, 1.165) is 70.6 Å². The monoisotopic (exact) mass is 884 g/mol. The number of carbonyl (C=O) groups is 3. The smallest absolute Gasteiger partial charge is 0.306 e. The predicted octanol–water partition coefficient (Wildman–Crippen LogP) is 13.6. The van der Waals surface area contributed by atoms with Gasteiger partial charge in [0.2, 0.25) is 0 Å². The van der Waals surface area contributed by atoms with E-state index in [-0.39, 0.29) is 42.7 Å². The van der Waals surface area contributed by atoms with Gasteiger partial charge in [-0.25, -0.2) is 0 Å². The molecule has 2 atom stereocenters. The molecule has 8 heteroatoms. The summed E-state index contributed by atoms with van der Waals surface area (Å²) >= 11 is 0. The van der Waals surface area contributed by atoms with Gasteiger partial charge < -0.3 is 28.6 Å². The number of allylic oxidation sites excluding steroid dienone is 10. The van der Waals surface area contributed by atoms with Gasteiger partial charge in [-0.3, -0.25) is 9.59 Å². The van der Waals surface area contributed by atoms with E-state index in [9.17, 15) is 19.5 Å². The van der Waals surface area contributed by atoms with Crippen LogP contribution in [-0.4, -0.2) is 75.5 Å². The number of rotatable bonds is 46. The second-order valence-corrected chi connectivity index (χ2v) is 18.4. The molecule has 8 nitrogen and oxygen atoms in total.